The largest absolute Gasteiger partial charge is 0.481 e. The van der Waals surface area contributed by atoms with Gasteiger partial charge in [-0.1, -0.05) is 19.1 Å². The van der Waals surface area contributed by atoms with Gasteiger partial charge in [0.15, 0.2) is 0 Å². The quantitative estimate of drug-likeness (QED) is 0.786. The zero-order valence-electron chi connectivity index (χ0n) is 13.6. The number of rotatable bonds is 3. The molecule has 6 bridgehead atoms. The molecule has 0 aromatic rings. The molecule has 0 heterocycles. The molecule has 0 aliphatic heterocycles. The Kier molecular flexibility index (Phi) is 2.72. The zero-order valence-corrected chi connectivity index (χ0v) is 13.6. The first-order chi connectivity index (χ1) is 10.6. The van der Waals surface area contributed by atoms with Gasteiger partial charge < -0.3 is 5.11 Å². The fraction of sp³-hybridized carbons (Fsp3) is 0.850. The van der Waals surface area contributed by atoms with Crippen LogP contribution in [0.3, 0.4) is 0 Å². The first-order valence-corrected chi connectivity index (χ1v) is 9.55. The second-order valence-corrected chi connectivity index (χ2v) is 9.12. The fourth-order valence-electron chi connectivity index (χ4n) is 8.14. The van der Waals surface area contributed by atoms with Crippen LogP contribution in [0.15, 0.2) is 12.2 Å². The Bertz CT molecular complexity index is 508. The lowest BCUT2D eigenvalue weighted by atomic mass is 9.46. The van der Waals surface area contributed by atoms with Crippen LogP contribution in [0.4, 0.5) is 0 Å². The lowest BCUT2D eigenvalue weighted by molar-refractivity contribution is -0.163. The molecule has 1 N–H and O–H groups in total. The van der Waals surface area contributed by atoms with Crippen LogP contribution in [0, 0.1) is 52.8 Å². The Morgan fingerprint density at radius 1 is 1.05 bits per heavy atom. The molecular formula is C20H28O2. The summed E-state index contributed by atoms with van der Waals surface area (Å²) in [5.74, 6) is 5.17. The van der Waals surface area contributed by atoms with E-state index in [1.807, 2.05) is 0 Å². The molecular weight excluding hydrogens is 272 g/mol. The number of carboxylic acid groups (broad SMARTS) is 1. The maximum atomic E-state index is 12.4. The van der Waals surface area contributed by atoms with Crippen LogP contribution >= 0.6 is 0 Å². The predicted molar refractivity (Wildman–Crippen MR) is 85.1 cm³/mol. The maximum absolute atomic E-state index is 12.4. The van der Waals surface area contributed by atoms with Gasteiger partial charge in [0.2, 0.25) is 0 Å². The third-order valence-electron chi connectivity index (χ3n) is 8.53. The summed E-state index contributed by atoms with van der Waals surface area (Å²) in [6.45, 7) is 2.13. The molecule has 0 spiro atoms. The third-order valence-corrected chi connectivity index (χ3v) is 8.53. The minimum absolute atomic E-state index is 0.308. The Morgan fingerprint density at radius 2 is 1.68 bits per heavy atom. The Balaban J connectivity index is 1.56. The lowest BCUT2D eigenvalue weighted by Gasteiger charge is -2.59. The molecule has 6 rings (SSSR count). The average Bonchev–Trinajstić information content (AvgIpc) is 3.06. The van der Waals surface area contributed by atoms with Crippen LogP contribution in [-0.4, -0.2) is 11.1 Å². The summed E-state index contributed by atoms with van der Waals surface area (Å²) in [7, 11) is 0. The van der Waals surface area contributed by atoms with Crippen LogP contribution in [0.1, 0.15) is 51.9 Å². The van der Waals surface area contributed by atoms with Crippen molar-refractivity contribution < 1.29 is 9.90 Å². The lowest BCUT2D eigenvalue weighted by Crippen LogP contribution is -2.54. The van der Waals surface area contributed by atoms with Crippen LogP contribution in [-0.2, 0) is 4.79 Å². The molecule has 120 valence electrons. The molecule has 0 amide bonds. The van der Waals surface area contributed by atoms with Crippen LogP contribution < -0.4 is 0 Å². The van der Waals surface area contributed by atoms with Crippen LogP contribution in [0.25, 0.3) is 0 Å². The molecule has 5 fully saturated rings. The fourth-order valence-corrected chi connectivity index (χ4v) is 8.14. The van der Waals surface area contributed by atoms with Gasteiger partial charge in [0.1, 0.15) is 0 Å². The van der Waals surface area contributed by atoms with Gasteiger partial charge in [-0.3, -0.25) is 4.79 Å². The van der Waals surface area contributed by atoms with Crippen molar-refractivity contribution in [3.05, 3.63) is 12.2 Å². The molecule has 0 saturated heterocycles. The van der Waals surface area contributed by atoms with Gasteiger partial charge >= 0.3 is 5.97 Å². The van der Waals surface area contributed by atoms with Gasteiger partial charge in [0.25, 0.3) is 0 Å². The van der Waals surface area contributed by atoms with E-state index in [0.29, 0.717) is 23.7 Å². The third kappa shape index (κ3) is 1.50. The highest BCUT2D eigenvalue weighted by molar-refractivity contribution is 5.77. The SMILES string of the molecule is CCC1(C(=O)O)C2C=CC(C2)C1C1C2CC3CC(C2)CC1C3. The molecule has 0 aromatic heterocycles. The second-order valence-electron chi connectivity index (χ2n) is 9.12. The molecule has 5 saturated carbocycles. The molecule has 6 aliphatic carbocycles. The van der Waals surface area contributed by atoms with Gasteiger partial charge in [0.05, 0.1) is 5.41 Å². The van der Waals surface area contributed by atoms with Crippen LogP contribution in [0.5, 0.6) is 0 Å². The minimum atomic E-state index is -0.495. The summed E-state index contributed by atoms with van der Waals surface area (Å²) >= 11 is 0. The number of carboxylic acids is 1. The van der Waals surface area contributed by atoms with Crippen molar-refractivity contribution in [2.24, 2.45) is 52.8 Å². The highest BCUT2D eigenvalue weighted by Gasteiger charge is 2.65. The highest BCUT2D eigenvalue weighted by Crippen LogP contribution is 2.68. The van der Waals surface area contributed by atoms with Crippen molar-refractivity contribution in [3.63, 3.8) is 0 Å². The van der Waals surface area contributed by atoms with Crippen molar-refractivity contribution >= 4 is 5.97 Å². The van der Waals surface area contributed by atoms with E-state index in [-0.39, 0.29) is 0 Å². The van der Waals surface area contributed by atoms with E-state index in [1.54, 1.807) is 0 Å². The van der Waals surface area contributed by atoms with Gasteiger partial charge in [-0.25, -0.2) is 0 Å². The maximum Gasteiger partial charge on any atom is 0.310 e. The number of allylic oxidation sites excluding steroid dienone is 2. The number of aliphatic carboxylic acids is 1. The van der Waals surface area contributed by atoms with Crippen molar-refractivity contribution in [1.82, 2.24) is 0 Å². The number of hydrogen-bond donors (Lipinski definition) is 1. The molecule has 6 aliphatic rings. The van der Waals surface area contributed by atoms with Gasteiger partial charge in [-0.15, -0.1) is 0 Å². The molecule has 0 aromatic carbocycles. The molecule has 4 unspecified atom stereocenters. The monoisotopic (exact) mass is 300 g/mol. The van der Waals surface area contributed by atoms with E-state index in [0.717, 1.165) is 36.5 Å². The van der Waals surface area contributed by atoms with E-state index >= 15 is 0 Å². The van der Waals surface area contributed by atoms with Crippen molar-refractivity contribution in [2.75, 3.05) is 0 Å². The highest BCUT2D eigenvalue weighted by atomic mass is 16.4. The summed E-state index contributed by atoms with van der Waals surface area (Å²) in [5.41, 5.74) is -0.445. The number of carbonyl (C=O) groups is 1. The van der Waals surface area contributed by atoms with Gasteiger partial charge in [-0.05, 0) is 92.3 Å². The predicted octanol–water partition coefficient (Wildman–Crippen LogP) is 4.36. The van der Waals surface area contributed by atoms with E-state index < -0.39 is 11.4 Å². The van der Waals surface area contributed by atoms with E-state index in [2.05, 4.69) is 19.1 Å². The molecule has 0 radical (unpaired) electrons. The standard InChI is InChI=1S/C20H28O2/c1-2-20(19(21)22)16-4-3-13(10-16)18(20)17-14-6-11-5-12(8-14)9-15(17)7-11/h3-4,11-18H,2,5-10H2,1H3,(H,21,22). The first-order valence-electron chi connectivity index (χ1n) is 9.55. The summed E-state index contributed by atoms with van der Waals surface area (Å²) in [4.78, 5) is 12.4. The Labute approximate surface area is 133 Å². The molecule has 2 heteroatoms. The number of hydrogen-bond acceptors (Lipinski definition) is 1. The van der Waals surface area contributed by atoms with E-state index in [1.165, 1.54) is 32.1 Å². The van der Waals surface area contributed by atoms with Crippen molar-refractivity contribution in [2.45, 2.75) is 51.9 Å². The Morgan fingerprint density at radius 3 is 2.23 bits per heavy atom. The number of fused-ring (bicyclic) bond motifs is 2. The van der Waals surface area contributed by atoms with Gasteiger partial charge in [-0.2, -0.15) is 0 Å². The topological polar surface area (TPSA) is 37.3 Å². The summed E-state index contributed by atoms with van der Waals surface area (Å²) in [5, 5.41) is 10.2. The second kappa shape index (κ2) is 4.39. The van der Waals surface area contributed by atoms with E-state index in [4.69, 9.17) is 0 Å². The summed E-state index contributed by atoms with van der Waals surface area (Å²) < 4.78 is 0. The smallest absolute Gasteiger partial charge is 0.310 e. The van der Waals surface area contributed by atoms with Crippen LogP contribution in [0.2, 0.25) is 0 Å². The summed E-state index contributed by atoms with van der Waals surface area (Å²) in [6, 6.07) is 0. The van der Waals surface area contributed by atoms with Crippen molar-refractivity contribution in [1.29, 1.82) is 0 Å². The first kappa shape index (κ1) is 13.6. The summed E-state index contributed by atoms with van der Waals surface area (Å²) in [6.07, 6.45) is 13.7. The normalized spacial score (nSPS) is 57.7. The zero-order chi connectivity index (χ0) is 15.1. The minimum Gasteiger partial charge on any atom is -0.481 e. The van der Waals surface area contributed by atoms with Crippen molar-refractivity contribution in [3.8, 4) is 0 Å². The molecule has 4 atom stereocenters. The molecule has 22 heavy (non-hydrogen) atoms. The Hall–Kier alpha value is -0.790. The average molecular weight is 300 g/mol. The van der Waals surface area contributed by atoms with Gasteiger partial charge in [0, 0.05) is 0 Å². The van der Waals surface area contributed by atoms with E-state index in [9.17, 15) is 9.90 Å². The molecule has 2 nitrogen and oxygen atoms in total.